The maximum atomic E-state index is 11.6. The molecule has 0 saturated heterocycles. The van der Waals surface area contributed by atoms with E-state index >= 15 is 0 Å². The Morgan fingerprint density at radius 3 is 2.07 bits per heavy atom. The van der Waals surface area contributed by atoms with Crippen molar-refractivity contribution in [3.8, 4) is 23.0 Å². The molecule has 6 nitrogen and oxygen atoms in total. The van der Waals surface area contributed by atoms with E-state index in [4.69, 9.17) is 9.47 Å². The van der Waals surface area contributed by atoms with Crippen LogP contribution < -0.4 is 9.47 Å². The highest BCUT2D eigenvalue weighted by Gasteiger charge is 2.10. The second kappa shape index (κ2) is 9.62. The third kappa shape index (κ3) is 6.02. The third-order valence-electron chi connectivity index (χ3n) is 4.01. The Morgan fingerprint density at radius 1 is 0.815 bits per heavy atom. The van der Waals surface area contributed by atoms with Crippen molar-refractivity contribution in [1.29, 1.82) is 0 Å². The summed E-state index contributed by atoms with van der Waals surface area (Å²) in [5, 5.41) is 19.3. The zero-order valence-electron chi connectivity index (χ0n) is 15.5. The van der Waals surface area contributed by atoms with Gasteiger partial charge in [-0.1, -0.05) is 0 Å². The average molecular weight is 372 g/mol. The second-order valence-corrected chi connectivity index (χ2v) is 6.23. The number of Topliss-reactive ketones (excluding diaryl/α,β-unsaturated/α-hetero) is 2. The Labute approximate surface area is 158 Å². The van der Waals surface area contributed by atoms with E-state index in [9.17, 15) is 19.8 Å². The normalized spacial score (nSPS) is 10.4. The maximum absolute atomic E-state index is 11.6. The van der Waals surface area contributed by atoms with Crippen LogP contribution in [0.2, 0.25) is 0 Å². The van der Waals surface area contributed by atoms with E-state index in [-0.39, 0.29) is 28.6 Å². The van der Waals surface area contributed by atoms with E-state index in [1.54, 1.807) is 18.2 Å². The SMILES string of the molecule is CC(=O)c1ccc(OCCCCCOc2cc(O)ccc2C(C)=O)cc1O. The van der Waals surface area contributed by atoms with Crippen LogP contribution in [0.15, 0.2) is 36.4 Å². The van der Waals surface area contributed by atoms with Gasteiger partial charge in [0.05, 0.1) is 24.3 Å². The Kier molecular flexibility index (Phi) is 7.23. The summed E-state index contributed by atoms with van der Waals surface area (Å²) in [4.78, 5) is 22.8. The number of unbranched alkanes of at least 4 members (excludes halogenated alkanes) is 2. The molecule has 2 aromatic carbocycles. The number of rotatable bonds is 10. The first kappa shape index (κ1) is 20.3. The lowest BCUT2D eigenvalue weighted by molar-refractivity contribution is 0.100. The number of carbonyl (C=O) groups excluding carboxylic acids is 2. The summed E-state index contributed by atoms with van der Waals surface area (Å²) in [6.07, 6.45) is 2.41. The van der Waals surface area contributed by atoms with Gasteiger partial charge in [-0.25, -0.2) is 0 Å². The van der Waals surface area contributed by atoms with Gasteiger partial charge in [-0.05, 0) is 57.4 Å². The molecular formula is C21H24O6. The van der Waals surface area contributed by atoms with Crippen molar-refractivity contribution in [2.24, 2.45) is 0 Å². The first-order chi connectivity index (χ1) is 12.9. The number of ketones is 2. The van der Waals surface area contributed by atoms with Crippen molar-refractivity contribution in [2.75, 3.05) is 13.2 Å². The highest BCUT2D eigenvalue weighted by molar-refractivity contribution is 5.97. The molecule has 2 aromatic rings. The molecule has 0 heterocycles. The molecule has 0 saturated carbocycles. The Hall–Kier alpha value is -3.02. The largest absolute Gasteiger partial charge is 0.508 e. The lowest BCUT2D eigenvalue weighted by Gasteiger charge is -2.11. The van der Waals surface area contributed by atoms with Crippen LogP contribution in [0.3, 0.4) is 0 Å². The summed E-state index contributed by atoms with van der Waals surface area (Å²) in [6, 6.07) is 9.09. The lowest BCUT2D eigenvalue weighted by atomic mass is 10.1. The summed E-state index contributed by atoms with van der Waals surface area (Å²) in [7, 11) is 0. The molecule has 0 aliphatic rings. The standard InChI is InChI=1S/C21H24O6/c1-14(22)18-9-7-17(13-20(18)25)26-10-4-3-5-11-27-21-12-16(24)6-8-19(21)15(2)23/h6-9,12-13,24-25H,3-5,10-11H2,1-2H3. The molecule has 0 unspecified atom stereocenters. The zero-order chi connectivity index (χ0) is 19.8. The highest BCUT2D eigenvalue weighted by atomic mass is 16.5. The fraction of sp³-hybridized carbons (Fsp3) is 0.333. The number of phenolic OH excluding ortho intramolecular Hbond substituents is 2. The van der Waals surface area contributed by atoms with Gasteiger partial charge >= 0.3 is 0 Å². The molecule has 0 spiro atoms. The van der Waals surface area contributed by atoms with Crippen LogP contribution in [-0.4, -0.2) is 35.0 Å². The van der Waals surface area contributed by atoms with Gasteiger partial charge in [0, 0.05) is 12.1 Å². The molecule has 0 aliphatic carbocycles. The topological polar surface area (TPSA) is 93.1 Å². The Bertz CT molecular complexity index is 812. The van der Waals surface area contributed by atoms with Crippen LogP contribution in [0.25, 0.3) is 0 Å². The van der Waals surface area contributed by atoms with Crippen molar-refractivity contribution < 1.29 is 29.3 Å². The Balaban J connectivity index is 1.70. The Morgan fingerprint density at radius 2 is 1.44 bits per heavy atom. The van der Waals surface area contributed by atoms with Gasteiger partial charge in [0.2, 0.25) is 0 Å². The van der Waals surface area contributed by atoms with Gasteiger partial charge in [-0.15, -0.1) is 0 Å². The molecule has 6 heteroatoms. The van der Waals surface area contributed by atoms with Crippen LogP contribution in [-0.2, 0) is 0 Å². The van der Waals surface area contributed by atoms with Crippen molar-refractivity contribution in [1.82, 2.24) is 0 Å². The second-order valence-electron chi connectivity index (χ2n) is 6.23. The van der Waals surface area contributed by atoms with E-state index < -0.39 is 0 Å². The molecule has 0 fully saturated rings. The fourth-order valence-electron chi connectivity index (χ4n) is 2.57. The molecule has 2 N–H and O–H groups in total. The minimum atomic E-state index is -0.196. The quantitative estimate of drug-likeness (QED) is 0.481. The monoisotopic (exact) mass is 372 g/mol. The summed E-state index contributed by atoms with van der Waals surface area (Å²) in [5.74, 6) is 0.568. The van der Waals surface area contributed by atoms with Crippen LogP contribution >= 0.6 is 0 Å². The summed E-state index contributed by atoms with van der Waals surface area (Å²) < 4.78 is 11.2. The van der Waals surface area contributed by atoms with Crippen molar-refractivity contribution >= 4 is 11.6 Å². The van der Waals surface area contributed by atoms with Gasteiger partial charge in [-0.3, -0.25) is 9.59 Å². The average Bonchev–Trinajstić information content (AvgIpc) is 2.60. The predicted molar refractivity (Wildman–Crippen MR) is 101 cm³/mol. The van der Waals surface area contributed by atoms with Crippen molar-refractivity contribution in [2.45, 2.75) is 33.1 Å². The van der Waals surface area contributed by atoms with Crippen LogP contribution in [0.1, 0.15) is 53.8 Å². The first-order valence-corrected chi connectivity index (χ1v) is 8.82. The lowest BCUT2D eigenvalue weighted by Crippen LogP contribution is -2.04. The molecule has 0 bridgehead atoms. The highest BCUT2D eigenvalue weighted by Crippen LogP contribution is 2.25. The molecule has 144 valence electrons. The van der Waals surface area contributed by atoms with Gasteiger partial charge in [0.25, 0.3) is 0 Å². The number of benzene rings is 2. The number of hydrogen-bond acceptors (Lipinski definition) is 6. The molecule has 0 radical (unpaired) electrons. The van der Waals surface area contributed by atoms with E-state index in [0.717, 1.165) is 19.3 Å². The summed E-state index contributed by atoms with van der Waals surface area (Å²) in [5.41, 5.74) is 0.723. The van der Waals surface area contributed by atoms with E-state index in [0.29, 0.717) is 30.3 Å². The smallest absolute Gasteiger partial charge is 0.163 e. The third-order valence-corrected chi connectivity index (χ3v) is 4.01. The van der Waals surface area contributed by atoms with Crippen molar-refractivity contribution in [3.63, 3.8) is 0 Å². The minimum absolute atomic E-state index is 0.0578. The predicted octanol–water partition coefficient (Wildman–Crippen LogP) is 4.13. The van der Waals surface area contributed by atoms with Gasteiger partial charge in [-0.2, -0.15) is 0 Å². The molecule has 27 heavy (non-hydrogen) atoms. The van der Waals surface area contributed by atoms with Crippen molar-refractivity contribution in [3.05, 3.63) is 47.5 Å². The van der Waals surface area contributed by atoms with E-state index in [1.165, 1.54) is 32.0 Å². The van der Waals surface area contributed by atoms with Crippen LogP contribution in [0.5, 0.6) is 23.0 Å². The molecule has 0 amide bonds. The minimum Gasteiger partial charge on any atom is -0.508 e. The zero-order valence-corrected chi connectivity index (χ0v) is 15.5. The number of carbonyl (C=O) groups is 2. The number of hydrogen-bond donors (Lipinski definition) is 2. The number of ether oxygens (including phenoxy) is 2. The molecule has 0 aromatic heterocycles. The number of aromatic hydroxyl groups is 2. The van der Waals surface area contributed by atoms with Gasteiger partial charge in [0.15, 0.2) is 11.6 Å². The van der Waals surface area contributed by atoms with Crippen LogP contribution in [0.4, 0.5) is 0 Å². The summed E-state index contributed by atoms with van der Waals surface area (Å²) in [6.45, 7) is 3.76. The molecule has 0 atom stereocenters. The fourth-order valence-corrected chi connectivity index (χ4v) is 2.57. The van der Waals surface area contributed by atoms with E-state index in [1.807, 2.05) is 0 Å². The molecule has 2 rings (SSSR count). The molecular weight excluding hydrogens is 348 g/mol. The summed E-state index contributed by atoms with van der Waals surface area (Å²) >= 11 is 0. The van der Waals surface area contributed by atoms with Gasteiger partial charge in [0.1, 0.15) is 23.0 Å². The number of phenols is 2. The van der Waals surface area contributed by atoms with Crippen LogP contribution in [0, 0.1) is 0 Å². The van der Waals surface area contributed by atoms with Gasteiger partial charge < -0.3 is 19.7 Å². The van der Waals surface area contributed by atoms with E-state index in [2.05, 4.69) is 0 Å². The maximum Gasteiger partial charge on any atom is 0.163 e. The molecule has 0 aliphatic heterocycles. The first-order valence-electron chi connectivity index (χ1n) is 8.82.